The van der Waals surface area contributed by atoms with Gasteiger partial charge in [0.15, 0.2) is 0 Å². The molecule has 21 heavy (non-hydrogen) atoms. The summed E-state index contributed by atoms with van der Waals surface area (Å²) in [6.45, 7) is 0.635. The number of thiophene rings is 1. The van der Waals surface area contributed by atoms with Gasteiger partial charge < -0.3 is 0 Å². The molecule has 8 heteroatoms. The standard InChI is InChI=1S/C13H10BrFN4S2/c14-10-4-3-9(12(15)6-10)8-21-13-16-17-18-19(13)7-11-2-1-5-20-11/h1-6H,7-8H2. The Morgan fingerprint density at radius 3 is 3.00 bits per heavy atom. The van der Waals surface area contributed by atoms with Gasteiger partial charge in [0.1, 0.15) is 5.82 Å². The number of hydrogen-bond donors (Lipinski definition) is 0. The normalized spacial score (nSPS) is 11.0. The lowest BCUT2D eigenvalue weighted by Crippen LogP contribution is -2.02. The molecule has 4 nitrogen and oxygen atoms in total. The Bertz CT molecular complexity index is 730. The first kappa shape index (κ1) is 14.7. The van der Waals surface area contributed by atoms with Crippen molar-refractivity contribution in [2.24, 2.45) is 0 Å². The zero-order chi connectivity index (χ0) is 14.7. The summed E-state index contributed by atoms with van der Waals surface area (Å²) in [6.07, 6.45) is 0. The summed E-state index contributed by atoms with van der Waals surface area (Å²) in [5, 5.41) is 14.4. The van der Waals surface area contributed by atoms with Gasteiger partial charge in [0.25, 0.3) is 0 Å². The lowest BCUT2D eigenvalue weighted by Gasteiger charge is -2.04. The molecule has 0 amide bonds. The maximum atomic E-state index is 13.8. The number of aromatic nitrogens is 4. The van der Waals surface area contributed by atoms with E-state index in [-0.39, 0.29) is 5.82 Å². The summed E-state index contributed by atoms with van der Waals surface area (Å²) in [5.41, 5.74) is 0.633. The molecule has 0 saturated heterocycles. The first-order chi connectivity index (χ1) is 10.2. The van der Waals surface area contributed by atoms with Crippen molar-refractivity contribution in [3.8, 4) is 0 Å². The van der Waals surface area contributed by atoms with E-state index < -0.39 is 0 Å². The quantitative estimate of drug-likeness (QED) is 0.624. The zero-order valence-corrected chi connectivity index (χ0v) is 14.0. The second-order valence-electron chi connectivity index (χ2n) is 4.22. The molecule has 0 aliphatic rings. The van der Waals surface area contributed by atoms with Crippen molar-refractivity contribution in [2.45, 2.75) is 17.5 Å². The summed E-state index contributed by atoms with van der Waals surface area (Å²) in [5.74, 6) is 0.262. The number of thioether (sulfide) groups is 1. The number of nitrogens with zero attached hydrogens (tertiary/aromatic N) is 4. The Balaban J connectivity index is 1.69. The smallest absolute Gasteiger partial charge is 0.209 e. The van der Waals surface area contributed by atoms with E-state index in [4.69, 9.17) is 0 Å². The highest BCUT2D eigenvalue weighted by atomic mass is 79.9. The van der Waals surface area contributed by atoms with E-state index in [1.165, 1.54) is 22.7 Å². The molecule has 0 N–H and O–H groups in total. The molecule has 2 heterocycles. The minimum atomic E-state index is -0.228. The average molecular weight is 385 g/mol. The first-order valence-electron chi connectivity index (χ1n) is 6.07. The fraction of sp³-hybridized carbons (Fsp3) is 0.154. The van der Waals surface area contributed by atoms with Crippen molar-refractivity contribution in [1.82, 2.24) is 20.2 Å². The van der Waals surface area contributed by atoms with Gasteiger partial charge in [-0.3, -0.25) is 0 Å². The third-order valence-electron chi connectivity index (χ3n) is 2.76. The molecule has 0 unspecified atom stereocenters. The Morgan fingerprint density at radius 1 is 1.33 bits per heavy atom. The summed E-state index contributed by atoms with van der Waals surface area (Å²) < 4.78 is 16.2. The third-order valence-corrected chi connectivity index (χ3v) is 5.12. The van der Waals surface area contributed by atoms with Crippen LogP contribution in [0, 0.1) is 5.82 Å². The van der Waals surface area contributed by atoms with E-state index in [9.17, 15) is 4.39 Å². The van der Waals surface area contributed by atoms with E-state index in [1.54, 1.807) is 22.1 Å². The van der Waals surface area contributed by atoms with E-state index >= 15 is 0 Å². The molecule has 0 radical (unpaired) electrons. The van der Waals surface area contributed by atoms with Crippen molar-refractivity contribution in [3.05, 3.63) is 56.4 Å². The molecule has 1 aromatic carbocycles. The summed E-state index contributed by atoms with van der Waals surface area (Å²) in [4.78, 5) is 1.18. The Hall–Kier alpha value is -1.25. The van der Waals surface area contributed by atoms with Gasteiger partial charge in [0, 0.05) is 15.1 Å². The van der Waals surface area contributed by atoms with Crippen LogP contribution in [0.5, 0.6) is 0 Å². The lowest BCUT2D eigenvalue weighted by atomic mass is 10.2. The maximum Gasteiger partial charge on any atom is 0.209 e. The van der Waals surface area contributed by atoms with Crippen LogP contribution in [0.25, 0.3) is 0 Å². The summed E-state index contributed by atoms with van der Waals surface area (Å²) in [7, 11) is 0. The Labute approximate surface area is 137 Å². The van der Waals surface area contributed by atoms with Gasteiger partial charge in [0.05, 0.1) is 6.54 Å². The van der Waals surface area contributed by atoms with Gasteiger partial charge in [-0.1, -0.05) is 39.8 Å². The van der Waals surface area contributed by atoms with Crippen molar-refractivity contribution in [2.75, 3.05) is 0 Å². The molecule has 0 aliphatic carbocycles. The van der Waals surface area contributed by atoms with E-state index in [1.807, 2.05) is 23.6 Å². The van der Waals surface area contributed by atoms with Crippen molar-refractivity contribution >= 4 is 39.0 Å². The lowest BCUT2D eigenvalue weighted by molar-refractivity contribution is 0.606. The second-order valence-corrected chi connectivity index (χ2v) is 7.11. The van der Waals surface area contributed by atoms with Gasteiger partial charge in [-0.25, -0.2) is 9.07 Å². The van der Waals surface area contributed by atoms with Crippen LogP contribution in [-0.4, -0.2) is 20.2 Å². The van der Waals surface area contributed by atoms with Crippen LogP contribution >= 0.6 is 39.0 Å². The second kappa shape index (κ2) is 6.67. The van der Waals surface area contributed by atoms with Gasteiger partial charge in [-0.15, -0.1) is 16.4 Å². The molecular weight excluding hydrogens is 375 g/mol. The van der Waals surface area contributed by atoms with Crippen LogP contribution in [-0.2, 0) is 12.3 Å². The number of rotatable bonds is 5. The highest BCUT2D eigenvalue weighted by molar-refractivity contribution is 9.10. The van der Waals surface area contributed by atoms with Crippen LogP contribution in [0.1, 0.15) is 10.4 Å². The summed E-state index contributed by atoms with van der Waals surface area (Å²) >= 11 is 6.33. The topological polar surface area (TPSA) is 43.6 Å². The van der Waals surface area contributed by atoms with Gasteiger partial charge >= 0.3 is 0 Å². The molecule has 108 valence electrons. The predicted molar refractivity (Wildman–Crippen MR) is 84.9 cm³/mol. The molecule has 0 bridgehead atoms. The molecular formula is C13H10BrFN4S2. The van der Waals surface area contributed by atoms with Crippen molar-refractivity contribution in [1.29, 1.82) is 0 Å². The Morgan fingerprint density at radius 2 is 2.24 bits per heavy atom. The van der Waals surface area contributed by atoms with Gasteiger partial charge in [-0.05, 0) is 39.6 Å². The average Bonchev–Trinajstić information content (AvgIpc) is 3.10. The van der Waals surface area contributed by atoms with Gasteiger partial charge in [0.2, 0.25) is 5.16 Å². The van der Waals surface area contributed by atoms with Crippen LogP contribution < -0.4 is 0 Å². The van der Waals surface area contributed by atoms with Gasteiger partial charge in [-0.2, -0.15) is 0 Å². The summed E-state index contributed by atoms with van der Waals surface area (Å²) in [6, 6.07) is 9.08. The fourth-order valence-corrected chi connectivity index (χ4v) is 3.61. The molecule has 0 aliphatic heterocycles. The van der Waals surface area contributed by atoms with Crippen molar-refractivity contribution < 1.29 is 4.39 Å². The minimum absolute atomic E-state index is 0.228. The molecule has 3 rings (SSSR count). The SMILES string of the molecule is Fc1cc(Br)ccc1CSc1nnnn1Cc1cccs1. The molecule has 3 aromatic rings. The molecule has 2 aromatic heterocycles. The third kappa shape index (κ3) is 3.69. The maximum absolute atomic E-state index is 13.8. The van der Waals surface area contributed by atoms with Crippen LogP contribution in [0.4, 0.5) is 4.39 Å². The number of benzene rings is 1. The van der Waals surface area contributed by atoms with E-state index in [0.29, 0.717) is 23.0 Å². The number of tetrazole rings is 1. The largest absolute Gasteiger partial charge is 0.215 e. The van der Waals surface area contributed by atoms with Crippen LogP contribution in [0.2, 0.25) is 0 Å². The monoisotopic (exact) mass is 384 g/mol. The van der Waals surface area contributed by atoms with Crippen LogP contribution in [0.3, 0.4) is 0 Å². The highest BCUT2D eigenvalue weighted by Crippen LogP contribution is 2.24. The highest BCUT2D eigenvalue weighted by Gasteiger charge is 2.10. The van der Waals surface area contributed by atoms with Crippen LogP contribution in [0.15, 0.2) is 45.3 Å². The molecule has 0 spiro atoms. The Kier molecular flexibility index (Phi) is 4.67. The molecule has 0 saturated carbocycles. The van der Waals surface area contributed by atoms with Crippen molar-refractivity contribution in [3.63, 3.8) is 0 Å². The van der Waals surface area contributed by atoms with E-state index in [2.05, 4.69) is 31.5 Å². The first-order valence-corrected chi connectivity index (χ1v) is 8.73. The number of hydrogen-bond acceptors (Lipinski definition) is 5. The molecule has 0 fully saturated rings. The van der Waals surface area contributed by atoms with E-state index in [0.717, 1.165) is 4.47 Å². The zero-order valence-electron chi connectivity index (χ0n) is 10.7. The predicted octanol–water partition coefficient (Wildman–Crippen LogP) is 3.98. The minimum Gasteiger partial charge on any atom is -0.215 e. The molecule has 0 atom stereocenters. The number of halogens is 2. The fourth-order valence-electron chi connectivity index (χ4n) is 1.73.